The van der Waals surface area contributed by atoms with Gasteiger partial charge in [-0.05, 0) is 43.4 Å². The summed E-state index contributed by atoms with van der Waals surface area (Å²) in [6.07, 6.45) is -0.351. The molecule has 18 heavy (non-hydrogen) atoms. The molecule has 1 heterocycles. The van der Waals surface area contributed by atoms with Crippen molar-refractivity contribution in [3.8, 4) is 5.69 Å². The van der Waals surface area contributed by atoms with E-state index in [-0.39, 0.29) is 6.10 Å². The topological polar surface area (TPSA) is 38.1 Å². The van der Waals surface area contributed by atoms with Gasteiger partial charge in [-0.15, -0.1) is 5.10 Å². The molecule has 1 aromatic carbocycles. The van der Waals surface area contributed by atoms with Gasteiger partial charge in [0, 0.05) is 10.8 Å². The zero-order valence-corrected chi connectivity index (χ0v) is 12.7. The minimum absolute atomic E-state index is 0.351. The SMILES string of the molecule is C[C@@H](O)CSc1nn(-c2ccc(Cl)cc2)c(=S)s1. The van der Waals surface area contributed by atoms with E-state index in [4.69, 9.17) is 23.8 Å². The Kier molecular flexibility index (Phi) is 4.80. The van der Waals surface area contributed by atoms with E-state index in [1.807, 2.05) is 12.1 Å². The van der Waals surface area contributed by atoms with E-state index in [2.05, 4.69) is 5.10 Å². The lowest BCUT2D eigenvalue weighted by Crippen LogP contribution is -2.02. The number of nitrogens with zero attached hydrogens (tertiary/aromatic N) is 2. The van der Waals surface area contributed by atoms with Crippen LogP contribution in [0.3, 0.4) is 0 Å². The third-order valence-electron chi connectivity index (χ3n) is 2.05. The molecule has 1 aromatic heterocycles. The number of halogens is 1. The fraction of sp³-hybridized carbons (Fsp3) is 0.273. The molecule has 7 heteroatoms. The Morgan fingerprint density at radius 1 is 1.50 bits per heavy atom. The van der Waals surface area contributed by atoms with Gasteiger partial charge in [0.1, 0.15) is 0 Å². The van der Waals surface area contributed by atoms with Gasteiger partial charge in [0.25, 0.3) is 0 Å². The Labute approximate surface area is 123 Å². The van der Waals surface area contributed by atoms with Crippen molar-refractivity contribution in [1.29, 1.82) is 0 Å². The molecule has 0 aliphatic carbocycles. The van der Waals surface area contributed by atoms with E-state index in [0.717, 1.165) is 10.0 Å². The average molecular weight is 319 g/mol. The Balaban J connectivity index is 2.24. The summed E-state index contributed by atoms with van der Waals surface area (Å²) in [5, 5.41) is 14.4. The van der Waals surface area contributed by atoms with Gasteiger partial charge < -0.3 is 5.11 Å². The predicted octanol–water partition coefficient (Wildman–Crippen LogP) is 3.79. The molecule has 0 saturated heterocycles. The Morgan fingerprint density at radius 2 is 2.17 bits per heavy atom. The number of rotatable bonds is 4. The first-order chi connectivity index (χ1) is 8.56. The van der Waals surface area contributed by atoms with Gasteiger partial charge in [0.05, 0.1) is 11.8 Å². The lowest BCUT2D eigenvalue weighted by atomic mass is 10.3. The van der Waals surface area contributed by atoms with E-state index in [9.17, 15) is 5.11 Å². The van der Waals surface area contributed by atoms with Crippen LogP contribution >= 0.6 is 46.9 Å². The van der Waals surface area contributed by atoms with Gasteiger partial charge in [0.2, 0.25) is 0 Å². The fourth-order valence-electron chi connectivity index (χ4n) is 1.26. The second-order valence-corrected chi connectivity index (χ2v) is 7.01. The second kappa shape index (κ2) is 6.16. The predicted molar refractivity (Wildman–Crippen MR) is 79.7 cm³/mol. The van der Waals surface area contributed by atoms with Crippen LogP contribution in [0.4, 0.5) is 0 Å². The lowest BCUT2D eigenvalue weighted by Gasteiger charge is -2.01. The van der Waals surface area contributed by atoms with Crippen molar-refractivity contribution < 1.29 is 5.11 Å². The quantitative estimate of drug-likeness (QED) is 0.687. The minimum Gasteiger partial charge on any atom is -0.393 e. The number of benzene rings is 1. The van der Waals surface area contributed by atoms with Crippen LogP contribution in [0, 0.1) is 3.95 Å². The van der Waals surface area contributed by atoms with Crippen LogP contribution in [0.5, 0.6) is 0 Å². The highest BCUT2D eigenvalue weighted by molar-refractivity contribution is 8.01. The summed E-state index contributed by atoms with van der Waals surface area (Å²) in [6, 6.07) is 7.36. The van der Waals surface area contributed by atoms with E-state index in [0.29, 0.717) is 14.7 Å². The van der Waals surface area contributed by atoms with Gasteiger partial charge in [-0.25, -0.2) is 4.68 Å². The number of aromatic nitrogens is 2. The first-order valence-electron chi connectivity index (χ1n) is 5.23. The summed E-state index contributed by atoms with van der Waals surface area (Å²) in [4.78, 5) is 0. The molecule has 0 saturated carbocycles. The van der Waals surface area contributed by atoms with E-state index in [1.165, 1.54) is 23.1 Å². The van der Waals surface area contributed by atoms with Gasteiger partial charge in [0.15, 0.2) is 8.29 Å². The number of hydrogen-bond donors (Lipinski definition) is 1. The first kappa shape index (κ1) is 14.0. The summed E-state index contributed by atoms with van der Waals surface area (Å²) in [7, 11) is 0. The molecule has 1 N–H and O–H groups in total. The van der Waals surface area contributed by atoms with Gasteiger partial charge in [-0.3, -0.25) is 0 Å². The van der Waals surface area contributed by atoms with Crippen molar-refractivity contribution >= 4 is 46.9 Å². The highest BCUT2D eigenvalue weighted by Crippen LogP contribution is 2.25. The molecule has 1 atom stereocenters. The van der Waals surface area contributed by atoms with Crippen LogP contribution in [-0.2, 0) is 0 Å². The van der Waals surface area contributed by atoms with Crippen molar-refractivity contribution in [2.75, 3.05) is 5.75 Å². The lowest BCUT2D eigenvalue weighted by molar-refractivity contribution is 0.220. The molecule has 3 nitrogen and oxygen atoms in total. The normalized spacial score (nSPS) is 12.6. The maximum absolute atomic E-state index is 9.25. The molecule has 0 amide bonds. The third kappa shape index (κ3) is 3.55. The maximum atomic E-state index is 9.25. The first-order valence-corrected chi connectivity index (χ1v) is 7.82. The van der Waals surface area contributed by atoms with E-state index in [1.54, 1.807) is 23.7 Å². The monoisotopic (exact) mass is 318 g/mol. The standard InChI is InChI=1S/C11H11ClN2OS3/c1-7(15)6-17-10-13-14(11(16)18-10)9-4-2-8(12)3-5-9/h2-5,7,15H,6H2,1H3/t7-/m1/s1. The van der Waals surface area contributed by atoms with Crippen molar-refractivity contribution in [2.24, 2.45) is 0 Å². The van der Waals surface area contributed by atoms with Gasteiger partial charge in [-0.1, -0.05) is 34.7 Å². The highest BCUT2D eigenvalue weighted by Gasteiger charge is 2.07. The number of aliphatic hydroxyl groups excluding tert-OH is 1. The van der Waals surface area contributed by atoms with Crippen LogP contribution in [0.25, 0.3) is 5.69 Å². The number of aliphatic hydroxyl groups is 1. The molecule has 0 unspecified atom stereocenters. The number of hydrogen-bond acceptors (Lipinski definition) is 5. The van der Waals surface area contributed by atoms with Crippen molar-refractivity contribution in [2.45, 2.75) is 17.4 Å². The zero-order chi connectivity index (χ0) is 13.1. The highest BCUT2D eigenvalue weighted by atomic mass is 35.5. The zero-order valence-electron chi connectivity index (χ0n) is 9.54. The molecule has 0 fully saturated rings. The van der Waals surface area contributed by atoms with E-state index >= 15 is 0 Å². The molecular weight excluding hydrogens is 308 g/mol. The third-order valence-corrected chi connectivity index (χ3v) is 4.91. The Morgan fingerprint density at radius 3 is 2.78 bits per heavy atom. The molecule has 0 radical (unpaired) electrons. The van der Waals surface area contributed by atoms with Crippen LogP contribution in [0.1, 0.15) is 6.92 Å². The molecule has 96 valence electrons. The molecular formula is C11H11ClN2OS3. The van der Waals surface area contributed by atoms with Gasteiger partial charge in [-0.2, -0.15) is 0 Å². The van der Waals surface area contributed by atoms with Crippen LogP contribution in [-0.4, -0.2) is 26.7 Å². The summed E-state index contributed by atoms with van der Waals surface area (Å²) >= 11 is 14.1. The van der Waals surface area contributed by atoms with Crippen molar-refractivity contribution in [1.82, 2.24) is 9.78 Å². The number of thioether (sulfide) groups is 1. The Hall–Kier alpha value is -0.400. The summed E-state index contributed by atoms with van der Waals surface area (Å²) in [5.41, 5.74) is 0.893. The van der Waals surface area contributed by atoms with Crippen molar-refractivity contribution in [3.05, 3.63) is 33.2 Å². The average Bonchev–Trinajstić information content (AvgIpc) is 2.69. The summed E-state index contributed by atoms with van der Waals surface area (Å²) in [6.45, 7) is 1.75. The minimum atomic E-state index is -0.351. The molecule has 2 aromatic rings. The van der Waals surface area contributed by atoms with Gasteiger partial charge >= 0.3 is 0 Å². The smallest absolute Gasteiger partial charge is 0.184 e. The largest absolute Gasteiger partial charge is 0.393 e. The molecule has 0 aliphatic rings. The molecule has 2 rings (SSSR count). The Bertz CT molecular complexity index is 577. The summed E-state index contributed by atoms with van der Waals surface area (Å²) < 4.78 is 3.25. The fourth-order valence-corrected chi connectivity index (χ4v) is 3.63. The van der Waals surface area contributed by atoms with Crippen molar-refractivity contribution in [3.63, 3.8) is 0 Å². The molecule has 0 bridgehead atoms. The molecule has 0 spiro atoms. The van der Waals surface area contributed by atoms with Crippen LogP contribution in [0.15, 0.2) is 28.6 Å². The van der Waals surface area contributed by atoms with E-state index < -0.39 is 0 Å². The van der Waals surface area contributed by atoms with Crippen LogP contribution < -0.4 is 0 Å². The molecule has 0 aliphatic heterocycles. The van der Waals surface area contributed by atoms with Crippen LogP contribution in [0.2, 0.25) is 5.02 Å². The second-order valence-electron chi connectivity index (χ2n) is 3.68. The summed E-state index contributed by atoms with van der Waals surface area (Å²) in [5.74, 6) is 0.614. The maximum Gasteiger partial charge on any atom is 0.184 e.